The van der Waals surface area contributed by atoms with E-state index in [4.69, 9.17) is 5.73 Å². The average Bonchev–Trinajstić information content (AvgIpc) is 2.47. The standard InChI is InChI=1S/C16H25N3O/c17-15(20)9-6-12-19-11-5-4-10-16(19)18-13-14-7-2-1-3-8-14/h1-3,7-8,16,18H,4-6,9-13H2,(H2,17,20). The monoisotopic (exact) mass is 275 g/mol. The van der Waals surface area contributed by atoms with Crippen LogP contribution in [0.15, 0.2) is 30.3 Å². The normalized spacial score (nSPS) is 19.9. The molecule has 0 radical (unpaired) electrons. The maximum Gasteiger partial charge on any atom is 0.217 e. The number of benzene rings is 1. The van der Waals surface area contributed by atoms with E-state index in [9.17, 15) is 4.79 Å². The molecule has 1 aromatic rings. The largest absolute Gasteiger partial charge is 0.370 e. The van der Waals surface area contributed by atoms with Gasteiger partial charge in [-0.25, -0.2) is 0 Å². The van der Waals surface area contributed by atoms with Gasteiger partial charge in [0.25, 0.3) is 0 Å². The molecule has 1 aliphatic heterocycles. The zero-order chi connectivity index (χ0) is 14.2. The van der Waals surface area contributed by atoms with Crippen molar-refractivity contribution in [3.8, 4) is 0 Å². The summed E-state index contributed by atoms with van der Waals surface area (Å²) in [6.45, 7) is 2.97. The SMILES string of the molecule is NC(=O)CCCN1CCCCC1NCc1ccccc1. The van der Waals surface area contributed by atoms with E-state index < -0.39 is 0 Å². The molecule has 1 fully saturated rings. The molecule has 1 aliphatic rings. The number of nitrogens with two attached hydrogens (primary N) is 1. The number of carbonyl (C=O) groups is 1. The average molecular weight is 275 g/mol. The topological polar surface area (TPSA) is 58.4 Å². The minimum absolute atomic E-state index is 0.198. The first kappa shape index (κ1) is 15.0. The number of primary amides is 1. The van der Waals surface area contributed by atoms with Crippen molar-refractivity contribution < 1.29 is 4.79 Å². The summed E-state index contributed by atoms with van der Waals surface area (Å²) in [5.41, 5.74) is 6.52. The second-order valence-corrected chi connectivity index (χ2v) is 5.48. The van der Waals surface area contributed by atoms with E-state index in [0.717, 1.165) is 26.1 Å². The van der Waals surface area contributed by atoms with Gasteiger partial charge < -0.3 is 5.73 Å². The van der Waals surface area contributed by atoms with Gasteiger partial charge in [0.1, 0.15) is 0 Å². The van der Waals surface area contributed by atoms with Gasteiger partial charge >= 0.3 is 0 Å². The van der Waals surface area contributed by atoms with E-state index in [1.54, 1.807) is 0 Å². The Morgan fingerprint density at radius 2 is 2.10 bits per heavy atom. The number of carbonyl (C=O) groups excluding carboxylic acids is 1. The van der Waals surface area contributed by atoms with Gasteiger partial charge in [0, 0.05) is 19.5 Å². The highest BCUT2D eigenvalue weighted by molar-refractivity contribution is 5.73. The number of nitrogens with zero attached hydrogens (tertiary/aromatic N) is 1. The molecule has 4 heteroatoms. The van der Waals surface area contributed by atoms with Crippen molar-refractivity contribution in [3.05, 3.63) is 35.9 Å². The summed E-state index contributed by atoms with van der Waals surface area (Å²) >= 11 is 0. The summed E-state index contributed by atoms with van der Waals surface area (Å²) in [7, 11) is 0. The molecule has 0 aliphatic carbocycles. The van der Waals surface area contributed by atoms with Gasteiger partial charge in [-0.15, -0.1) is 0 Å². The van der Waals surface area contributed by atoms with Crippen LogP contribution in [0.25, 0.3) is 0 Å². The van der Waals surface area contributed by atoms with Crippen molar-refractivity contribution in [2.75, 3.05) is 13.1 Å². The quantitative estimate of drug-likeness (QED) is 0.798. The summed E-state index contributed by atoms with van der Waals surface area (Å²) in [6, 6.07) is 10.5. The minimum Gasteiger partial charge on any atom is -0.370 e. The van der Waals surface area contributed by atoms with Crippen molar-refractivity contribution in [2.24, 2.45) is 5.73 Å². The Kier molecular flexibility index (Phi) is 6.02. The third-order valence-corrected chi connectivity index (χ3v) is 3.87. The minimum atomic E-state index is -0.198. The lowest BCUT2D eigenvalue weighted by molar-refractivity contribution is -0.118. The molecule has 1 aromatic carbocycles. The van der Waals surface area contributed by atoms with Crippen LogP contribution in [0.5, 0.6) is 0 Å². The molecule has 1 amide bonds. The number of rotatable bonds is 7. The highest BCUT2D eigenvalue weighted by Crippen LogP contribution is 2.16. The fourth-order valence-electron chi connectivity index (χ4n) is 2.78. The molecule has 110 valence electrons. The molecule has 0 bridgehead atoms. The van der Waals surface area contributed by atoms with E-state index >= 15 is 0 Å². The summed E-state index contributed by atoms with van der Waals surface area (Å²) in [4.78, 5) is 13.3. The Morgan fingerprint density at radius 3 is 2.85 bits per heavy atom. The molecule has 20 heavy (non-hydrogen) atoms. The predicted octanol–water partition coefficient (Wildman–Crippen LogP) is 1.85. The molecule has 3 N–H and O–H groups in total. The maximum atomic E-state index is 10.8. The second kappa shape index (κ2) is 8.02. The first-order chi connectivity index (χ1) is 9.75. The zero-order valence-electron chi connectivity index (χ0n) is 12.1. The molecular weight excluding hydrogens is 250 g/mol. The molecule has 2 rings (SSSR count). The van der Waals surface area contributed by atoms with Crippen LogP contribution in [0.3, 0.4) is 0 Å². The maximum absolute atomic E-state index is 10.8. The van der Waals surface area contributed by atoms with Crippen LogP contribution >= 0.6 is 0 Å². The molecule has 1 atom stereocenters. The van der Waals surface area contributed by atoms with Crippen molar-refractivity contribution >= 4 is 5.91 Å². The Bertz CT molecular complexity index is 407. The highest BCUT2D eigenvalue weighted by atomic mass is 16.1. The van der Waals surface area contributed by atoms with E-state index in [0.29, 0.717) is 12.6 Å². The molecule has 0 spiro atoms. The lowest BCUT2D eigenvalue weighted by Crippen LogP contribution is -2.48. The summed E-state index contributed by atoms with van der Waals surface area (Å²) in [5.74, 6) is -0.198. The predicted molar refractivity (Wildman–Crippen MR) is 80.9 cm³/mol. The van der Waals surface area contributed by atoms with Crippen LogP contribution in [0.4, 0.5) is 0 Å². The molecule has 1 unspecified atom stereocenters. The number of hydrogen-bond donors (Lipinski definition) is 2. The molecule has 4 nitrogen and oxygen atoms in total. The smallest absolute Gasteiger partial charge is 0.217 e. The van der Waals surface area contributed by atoms with Crippen LogP contribution in [0.1, 0.15) is 37.7 Å². The van der Waals surface area contributed by atoms with Crippen molar-refractivity contribution in [3.63, 3.8) is 0 Å². The van der Waals surface area contributed by atoms with Gasteiger partial charge in [0.15, 0.2) is 0 Å². The van der Waals surface area contributed by atoms with E-state index in [1.165, 1.54) is 24.8 Å². The van der Waals surface area contributed by atoms with Crippen LogP contribution in [-0.4, -0.2) is 30.1 Å². The summed E-state index contributed by atoms with van der Waals surface area (Å²) in [5, 5.41) is 3.64. The molecule has 0 aromatic heterocycles. The third-order valence-electron chi connectivity index (χ3n) is 3.87. The van der Waals surface area contributed by atoms with Crippen molar-refractivity contribution in [2.45, 2.75) is 44.8 Å². The van der Waals surface area contributed by atoms with Crippen molar-refractivity contribution in [1.82, 2.24) is 10.2 Å². The Hall–Kier alpha value is -1.39. The number of amides is 1. The lowest BCUT2D eigenvalue weighted by atomic mass is 10.1. The number of likely N-dealkylation sites (tertiary alicyclic amines) is 1. The van der Waals surface area contributed by atoms with Gasteiger partial charge in [0.2, 0.25) is 5.91 Å². The summed E-state index contributed by atoms with van der Waals surface area (Å²) < 4.78 is 0. The van der Waals surface area contributed by atoms with Gasteiger partial charge in [-0.3, -0.25) is 15.0 Å². The Morgan fingerprint density at radius 1 is 1.30 bits per heavy atom. The van der Waals surface area contributed by atoms with Crippen LogP contribution in [-0.2, 0) is 11.3 Å². The number of nitrogens with one attached hydrogen (secondary N) is 1. The first-order valence-corrected chi connectivity index (χ1v) is 7.55. The number of hydrogen-bond acceptors (Lipinski definition) is 3. The number of piperidine rings is 1. The molecular formula is C16H25N3O. The van der Waals surface area contributed by atoms with Crippen molar-refractivity contribution in [1.29, 1.82) is 0 Å². The Labute approximate surface area is 121 Å². The van der Waals surface area contributed by atoms with Gasteiger partial charge in [0.05, 0.1) is 6.17 Å². The summed E-state index contributed by atoms with van der Waals surface area (Å²) in [6.07, 6.45) is 5.49. The first-order valence-electron chi connectivity index (χ1n) is 7.55. The van der Waals surface area contributed by atoms with Gasteiger partial charge in [-0.2, -0.15) is 0 Å². The fourth-order valence-corrected chi connectivity index (χ4v) is 2.78. The second-order valence-electron chi connectivity index (χ2n) is 5.48. The van der Waals surface area contributed by atoms with Crippen LogP contribution in [0, 0.1) is 0 Å². The molecule has 1 saturated heterocycles. The lowest BCUT2D eigenvalue weighted by Gasteiger charge is -2.36. The van der Waals surface area contributed by atoms with Crippen LogP contribution < -0.4 is 11.1 Å². The highest BCUT2D eigenvalue weighted by Gasteiger charge is 2.21. The van der Waals surface area contributed by atoms with Gasteiger partial charge in [-0.1, -0.05) is 30.3 Å². The van der Waals surface area contributed by atoms with E-state index in [2.05, 4.69) is 34.5 Å². The van der Waals surface area contributed by atoms with Crippen LogP contribution in [0.2, 0.25) is 0 Å². The Balaban J connectivity index is 1.79. The molecule has 0 saturated carbocycles. The third kappa shape index (κ3) is 4.94. The molecule has 1 heterocycles. The zero-order valence-corrected chi connectivity index (χ0v) is 12.1. The van der Waals surface area contributed by atoms with E-state index in [-0.39, 0.29) is 5.91 Å². The fraction of sp³-hybridized carbons (Fsp3) is 0.562. The van der Waals surface area contributed by atoms with E-state index in [1.807, 2.05) is 6.07 Å². The van der Waals surface area contributed by atoms with Gasteiger partial charge in [-0.05, 0) is 37.8 Å².